The molecule has 0 saturated carbocycles. The van der Waals surface area contributed by atoms with Gasteiger partial charge in [0, 0.05) is 43.3 Å². The molecular weight excluding hydrogens is 426 g/mol. The molecule has 2 heterocycles. The molecule has 2 aromatic carbocycles. The monoisotopic (exact) mass is 455 g/mol. The summed E-state index contributed by atoms with van der Waals surface area (Å²) in [5, 5.41) is 2.93. The van der Waals surface area contributed by atoms with Crippen molar-refractivity contribution in [3.05, 3.63) is 60.2 Å². The van der Waals surface area contributed by atoms with Crippen LogP contribution >= 0.6 is 0 Å². The second-order valence-corrected chi connectivity index (χ2v) is 10.4. The van der Waals surface area contributed by atoms with Crippen LogP contribution in [0.2, 0.25) is 0 Å². The first kappa shape index (κ1) is 22.5. The van der Waals surface area contributed by atoms with E-state index in [2.05, 4.69) is 5.32 Å². The Kier molecular flexibility index (Phi) is 6.91. The zero-order valence-electron chi connectivity index (χ0n) is 18.1. The van der Waals surface area contributed by atoms with Crippen molar-refractivity contribution in [2.45, 2.75) is 37.0 Å². The second kappa shape index (κ2) is 9.83. The van der Waals surface area contributed by atoms with E-state index in [0.717, 1.165) is 24.9 Å². The van der Waals surface area contributed by atoms with Gasteiger partial charge in [-0.25, -0.2) is 8.42 Å². The predicted molar refractivity (Wildman–Crippen MR) is 123 cm³/mol. The lowest BCUT2D eigenvalue weighted by Gasteiger charge is -2.31. The van der Waals surface area contributed by atoms with Crippen LogP contribution in [0.4, 0.5) is 5.69 Å². The van der Waals surface area contributed by atoms with Gasteiger partial charge in [-0.15, -0.1) is 0 Å². The number of carbonyl (C=O) groups is 2. The minimum absolute atomic E-state index is 0.0297. The average molecular weight is 456 g/mol. The molecule has 2 amide bonds. The number of hydrogen-bond acceptors (Lipinski definition) is 4. The Balaban J connectivity index is 1.38. The molecule has 0 aromatic heterocycles. The second-order valence-electron chi connectivity index (χ2n) is 8.41. The van der Waals surface area contributed by atoms with E-state index in [-0.39, 0.29) is 22.6 Å². The number of carbonyl (C=O) groups excluding carboxylic acids is 2. The number of nitrogens with one attached hydrogen (secondary N) is 1. The highest BCUT2D eigenvalue weighted by Crippen LogP contribution is 2.24. The zero-order valence-corrected chi connectivity index (χ0v) is 18.9. The summed E-state index contributed by atoms with van der Waals surface area (Å²) in [4.78, 5) is 27.4. The van der Waals surface area contributed by atoms with Crippen LogP contribution in [0.3, 0.4) is 0 Å². The predicted octanol–water partition coefficient (Wildman–Crippen LogP) is 3.35. The van der Waals surface area contributed by atoms with Gasteiger partial charge in [0.2, 0.25) is 15.9 Å². The van der Waals surface area contributed by atoms with Crippen molar-refractivity contribution in [1.29, 1.82) is 0 Å². The third kappa shape index (κ3) is 5.02. The molecule has 0 unspecified atom stereocenters. The molecule has 2 aliphatic rings. The molecule has 2 saturated heterocycles. The first-order valence-corrected chi connectivity index (χ1v) is 12.6. The van der Waals surface area contributed by atoms with Gasteiger partial charge in [0.25, 0.3) is 5.91 Å². The van der Waals surface area contributed by atoms with Crippen LogP contribution in [0, 0.1) is 5.92 Å². The number of anilines is 1. The summed E-state index contributed by atoms with van der Waals surface area (Å²) in [5.74, 6) is -0.370. The van der Waals surface area contributed by atoms with Crippen molar-refractivity contribution in [2.24, 2.45) is 5.92 Å². The van der Waals surface area contributed by atoms with Crippen LogP contribution in [0.1, 0.15) is 42.5 Å². The molecule has 170 valence electrons. The first-order valence-electron chi connectivity index (χ1n) is 11.2. The summed E-state index contributed by atoms with van der Waals surface area (Å²) in [6.45, 7) is 1.99. The van der Waals surface area contributed by atoms with E-state index < -0.39 is 10.0 Å². The number of rotatable bonds is 5. The van der Waals surface area contributed by atoms with Gasteiger partial charge >= 0.3 is 0 Å². The topological polar surface area (TPSA) is 86.8 Å². The summed E-state index contributed by atoms with van der Waals surface area (Å²) in [6, 6.07) is 15.7. The summed E-state index contributed by atoms with van der Waals surface area (Å²) >= 11 is 0. The lowest BCUT2D eigenvalue weighted by molar-refractivity contribution is -0.121. The van der Waals surface area contributed by atoms with E-state index in [4.69, 9.17) is 0 Å². The van der Waals surface area contributed by atoms with Crippen LogP contribution in [0.25, 0.3) is 0 Å². The first-order chi connectivity index (χ1) is 15.4. The van der Waals surface area contributed by atoms with Crippen LogP contribution in [-0.2, 0) is 14.8 Å². The Morgan fingerprint density at radius 1 is 0.844 bits per heavy atom. The lowest BCUT2D eigenvalue weighted by atomic mass is 9.95. The third-order valence-corrected chi connectivity index (χ3v) is 8.12. The van der Waals surface area contributed by atoms with Gasteiger partial charge in [0.1, 0.15) is 0 Å². The van der Waals surface area contributed by atoms with Crippen molar-refractivity contribution in [3.8, 4) is 0 Å². The fourth-order valence-corrected chi connectivity index (χ4v) is 5.90. The van der Waals surface area contributed by atoms with E-state index >= 15 is 0 Å². The fraction of sp³-hybridized carbons (Fsp3) is 0.417. The molecule has 32 heavy (non-hydrogen) atoms. The van der Waals surface area contributed by atoms with Crippen molar-refractivity contribution in [1.82, 2.24) is 9.21 Å². The fourth-order valence-electron chi connectivity index (χ4n) is 4.34. The smallest absolute Gasteiger partial charge is 0.253 e. The van der Waals surface area contributed by atoms with Gasteiger partial charge in [-0.1, -0.05) is 30.7 Å². The Labute approximate surface area is 189 Å². The quantitative estimate of drug-likeness (QED) is 0.749. The van der Waals surface area contributed by atoms with Gasteiger partial charge in [-0.3, -0.25) is 9.59 Å². The van der Waals surface area contributed by atoms with Crippen LogP contribution < -0.4 is 5.32 Å². The van der Waals surface area contributed by atoms with E-state index in [0.29, 0.717) is 44.6 Å². The number of benzene rings is 2. The number of likely N-dealkylation sites (tertiary alicyclic amines) is 1. The van der Waals surface area contributed by atoms with Crippen LogP contribution in [0.5, 0.6) is 0 Å². The molecule has 0 aliphatic carbocycles. The Morgan fingerprint density at radius 3 is 2.22 bits per heavy atom. The van der Waals surface area contributed by atoms with E-state index in [1.165, 1.54) is 10.4 Å². The summed E-state index contributed by atoms with van der Waals surface area (Å²) in [5.41, 5.74) is 1.14. The van der Waals surface area contributed by atoms with Gasteiger partial charge in [-0.2, -0.15) is 4.31 Å². The van der Waals surface area contributed by atoms with Crippen LogP contribution in [-0.4, -0.2) is 55.6 Å². The molecule has 8 heteroatoms. The maximum absolute atomic E-state index is 13.0. The Bertz CT molecular complexity index is 1060. The molecule has 7 nitrogen and oxygen atoms in total. The highest BCUT2D eigenvalue weighted by Gasteiger charge is 2.30. The molecule has 2 fully saturated rings. The maximum atomic E-state index is 13.0. The molecule has 0 spiro atoms. The van der Waals surface area contributed by atoms with Crippen molar-refractivity contribution in [3.63, 3.8) is 0 Å². The molecular formula is C24H29N3O4S. The normalized spacial score (nSPS) is 18.3. The molecule has 2 aromatic rings. The van der Waals surface area contributed by atoms with Crippen molar-refractivity contribution >= 4 is 27.5 Å². The van der Waals surface area contributed by atoms with Crippen molar-refractivity contribution < 1.29 is 18.0 Å². The SMILES string of the molecule is O=C(Nc1ccccc1)C1CCN(C(=O)c2cccc(S(=O)(=O)N3CCCCC3)c2)CC1. The molecule has 2 aliphatic heterocycles. The summed E-state index contributed by atoms with van der Waals surface area (Å²) in [7, 11) is -3.59. The highest BCUT2D eigenvalue weighted by atomic mass is 32.2. The number of para-hydroxylation sites is 1. The van der Waals surface area contributed by atoms with E-state index in [1.54, 1.807) is 23.1 Å². The van der Waals surface area contributed by atoms with E-state index in [1.807, 2.05) is 30.3 Å². The molecule has 1 N–H and O–H groups in total. The maximum Gasteiger partial charge on any atom is 0.253 e. The van der Waals surface area contributed by atoms with Crippen LogP contribution in [0.15, 0.2) is 59.5 Å². The van der Waals surface area contributed by atoms with Gasteiger partial charge in [0.15, 0.2) is 0 Å². The van der Waals surface area contributed by atoms with Gasteiger partial charge in [-0.05, 0) is 56.0 Å². The third-order valence-electron chi connectivity index (χ3n) is 6.23. The van der Waals surface area contributed by atoms with E-state index in [9.17, 15) is 18.0 Å². The summed E-state index contributed by atoms with van der Waals surface area (Å²) < 4.78 is 27.4. The molecule has 0 atom stereocenters. The minimum Gasteiger partial charge on any atom is -0.339 e. The summed E-state index contributed by atoms with van der Waals surface area (Å²) in [6.07, 6.45) is 3.94. The number of hydrogen-bond donors (Lipinski definition) is 1. The molecule has 0 bridgehead atoms. The average Bonchev–Trinajstić information content (AvgIpc) is 2.85. The number of piperidine rings is 2. The molecule has 4 rings (SSSR count). The molecule has 0 radical (unpaired) electrons. The number of amides is 2. The zero-order chi connectivity index (χ0) is 22.6. The van der Waals surface area contributed by atoms with Gasteiger partial charge < -0.3 is 10.2 Å². The minimum atomic E-state index is -3.59. The van der Waals surface area contributed by atoms with Gasteiger partial charge in [0.05, 0.1) is 4.90 Å². The van der Waals surface area contributed by atoms with Crippen molar-refractivity contribution in [2.75, 3.05) is 31.5 Å². The standard InChI is InChI=1S/C24H29N3O4S/c28-23(25-21-9-3-1-4-10-21)19-12-16-26(17-13-19)24(29)20-8-7-11-22(18-20)32(30,31)27-14-5-2-6-15-27/h1,3-4,7-11,18-19H,2,5-6,12-17H2,(H,25,28). The number of nitrogens with zero attached hydrogens (tertiary/aromatic N) is 2. The number of sulfonamides is 1. The Hall–Kier alpha value is -2.71. The largest absolute Gasteiger partial charge is 0.339 e. The Morgan fingerprint density at radius 2 is 1.53 bits per heavy atom. The lowest BCUT2D eigenvalue weighted by Crippen LogP contribution is -2.41. The highest BCUT2D eigenvalue weighted by molar-refractivity contribution is 7.89.